The molecule has 2 rings (SSSR count). The van der Waals surface area contributed by atoms with Crippen molar-refractivity contribution in [2.45, 2.75) is 6.92 Å². The maximum atomic E-state index is 13.1. The van der Waals surface area contributed by atoms with Crippen molar-refractivity contribution in [3.8, 4) is 5.75 Å². The molecule has 2 aromatic rings. The van der Waals surface area contributed by atoms with Crippen molar-refractivity contribution in [2.24, 2.45) is 0 Å². The fourth-order valence-electron chi connectivity index (χ4n) is 1.63. The first-order valence-electron chi connectivity index (χ1n) is 5.52. The van der Waals surface area contributed by atoms with Gasteiger partial charge in [0.1, 0.15) is 16.4 Å². The van der Waals surface area contributed by atoms with Crippen LogP contribution < -0.4 is 5.32 Å². The molecule has 1 aromatic carbocycles. The molecule has 0 atom stereocenters. The summed E-state index contributed by atoms with van der Waals surface area (Å²) in [5, 5.41) is 21.2. The van der Waals surface area contributed by atoms with Gasteiger partial charge < -0.3 is 15.5 Å². The van der Waals surface area contributed by atoms with Crippen molar-refractivity contribution in [3.05, 3.63) is 46.1 Å². The Morgan fingerprint density at radius 1 is 1.30 bits per heavy atom. The summed E-state index contributed by atoms with van der Waals surface area (Å²) in [5.41, 5.74) is 0.300. The highest BCUT2D eigenvalue weighted by Crippen LogP contribution is 2.28. The topological polar surface area (TPSA) is 86.6 Å². The van der Waals surface area contributed by atoms with E-state index in [0.717, 1.165) is 29.5 Å². The van der Waals surface area contributed by atoms with Crippen molar-refractivity contribution in [1.29, 1.82) is 0 Å². The number of carbonyl (C=O) groups is 2. The highest BCUT2D eigenvalue weighted by molar-refractivity contribution is 7.18. The Bertz CT molecular complexity index is 696. The van der Waals surface area contributed by atoms with Gasteiger partial charge >= 0.3 is 5.97 Å². The van der Waals surface area contributed by atoms with E-state index in [1.807, 2.05) is 0 Å². The molecule has 3 N–H and O–H groups in total. The Balaban J connectivity index is 2.26. The maximum absolute atomic E-state index is 13.1. The molecule has 1 heterocycles. The smallest absolute Gasteiger partial charge is 0.346 e. The average molecular weight is 295 g/mol. The van der Waals surface area contributed by atoms with Crippen molar-refractivity contribution in [2.75, 3.05) is 5.32 Å². The standard InChI is InChI=1S/C13H10FNO4S/c1-6-4-10(20-11(6)13(18)19)15-12(17)8-5-7(14)2-3-9(8)16/h2-5,16H,1H3,(H,15,17)(H,18,19). The Kier molecular flexibility index (Phi) is 3.71. The second-order valence-corrected chi connectivity index (χ2v) is 5.10. The van der Waals surface area contributed by atoms with Crippen molar-refractivity contribution in [1.82, 2.24) is 0 Å². The Labute approximate surface area is 117 Å². The second-order valence-electron chi connectivity index (χ2n) is 4.04. The number of carboxylic acid groups (broad SMARTS) is 1. The number of anilines is 1. The molecule has 0 spiro atoms. The molecule has 0 saturated heterocycles. The molecule has 0 unspecified atom stereocenters. The van der Waals surface area contributed by atoms with Crippen molar-refractivity contribution in [3.63, 3.8) is 0 Å². The first kappa shape index (κ1) is 14.0. The minimum Gasteiger partial charge on any atom is -0.507 e. The SMILES string of the molecule is Cc1cc(NC(=O)c2cc(F)ccc2O)sc1C(=O)O. The van der Waals surface area contributed by atoms with E-state index in [4.69, 9.17) is 5.11 Å². The third kappa shape index (κ3) is 2.77. The fourth-order valence-corrected chi connectivity index (χ4v) is 2.53. The summed E-state index contributed by atoms with van der Waals surface area (Å²) >= 11 is 0.894. The summed E-state index contributed by atoms with van der Waals surface area (Å²) < 4.78 is 13.1. The number of benzene rings is 1. The highest BCUT2D eigenvalue weighted by Gasteiger charge is 2.16. The number of phenols is 1. The number of carboxylic acids is 1. The normalized spacial score (nSPS) is 10.3. The first-order chi connectivity index (χ1) is 9.38. The van der Waals surface area contributed by atoms with Crippen LogP contribution in [0.3, 0.4) is 0 Å². The lowest BCUT2D eigenvalue weighted by molar-refractivity contribution is 0.0701. The molecule has 0 aliphatic rings. The van der Waals surface area contributed by atoms with Gasteiger partial charge in [-0.25, -0.2) is 9.18 Å². The molecule has 1 amide bonds. The number of halogens is 1. The number of aryl methyl sites for hydroxylation is 1. The number of hydrogen-bond donors (Lipinski definition) is 3. The van der Waals surface area contributed by atoms with Gasteiger partial charge in [-0.15, -0.1) is 11.3 Å². The van der Waals surface area contributed by atoms with E-state index in [-0.39, 0.29) is 16.2 Å². The molecule has 0 aliphatic heterocycles. The number of aromatic hydroxyl groups is 1. The van der Waals surface area contributed by atoms with Gasteiger partial charge in [0.05, 0.1) is 10.6 Å². The molecule has 7 heteroatoms. The fraction of sp³-hybridized carbons (Fsp3) is 0.0769. The highest BCUT2D eigenvalue weighted by atomic mass is 32.1. The minimum atomic E-state index is -1.08. The summed E-state index contributed by atoms with van der Waals surface area (Å²) in [4.78, 5) is 22.9. The second kappa shape index (κ2) is 5.30. The molecular formula is C13H10FNO4S. The lowest BCUT2D eigenvalue weighted by Crippen LogP contribution is -2.11. The number of rotatable bonds is 3. The number of amides is 1. The van der Waals surface area contributed by atoms with E-state index in [9.17, 15) is 19.1 Å². The summed E-state index contributed by atoms with van der Waals surface area (Å²) in [6.07, 6.45) is 0. The number of nitrogens with one attached hydrogen (secondary N) is 1. The third-order valence-corrected chi connectivity index (χ3v) is 3.69. The largest absolute Gasteiger partial charge is 0.507 e. The number of phenolic OH excluding ortho intramolecular Hbond substituents is 1. The summed E-state index contributed by atoms with van der Waals surface area (Å²) in [7, 11) is 0. The van der Waals surface area contributed by atoms with E-state index in [1.54, 1.807) is 6.92 Å². The van der Waals surface area contributed by atoms with Crippen LogP contribution in [-0.4, -0.2) is 22.1 Å². The van der Waals surface area contributed by atoms with Crippen LogP contribution in [0.2, 0.25) is 0 Å². The Morgan fingerprint density at radius 2 is 2.00 bits per heavy atom. The number of hydrogen-bond acceptors (Lipinski definition) is 4. The van der Waals surface area contributed by atoms with Crippen LogP contribution in [0.15, 0.2) is 24.3 Å². The van der Waals surface area contributed by atoms with Crippen molar-refractivity contribution < 1.29 is 24.2 Å². The molecule has 0 aliphatic carbocycles. The molecular weight excluding hydrogens is 285 g/mol. The van der Waals surface area contributed by atoms with E-state index in [0.29, 0.717) is 10.6 Å². The number of carbonyl (C=O) groups excluding carboxylic acids is 1. The monoisotopic (exact) mass is 295 g/mol. The molecule has 5 nitrogen and oxygen atoms in total. The average Bonchev–Trinajstić information content (AvgIpc) is 2.73. The quantitative estimate of drug-likeness (QED) is 0.812. The van der Waals surface area contributed by atoms with Crippen LogP contribution >= 0.6 is 11.3 Å². The Morgan fingerprint density at radius 3 is 2.60 bits per heavy atom. The molecule has 20 heavy (non-hydrogen) atoms. The number of thiophene rings is 1. The zero-order valence-electron chi connectivity index (χ0n) is 10.3. The van der Waals surface area contributed by atoms with Gasteiger partial charge in [0.2, 0.25) is 0 Å². The van der Waals surface area contributed by atoms with Gasteiger partial charge in [-0.05, 0) is 36.8 Å². The van der Waals surface area contributed by atoms with Crippen LogP contribution in [-0.2, 0) is 0 Å². The van der Waals surface area contributed by atoms with E-state index in [1.165, 1.54) is 6.07 Å². The van der Waals surface area contributed by atoms with Crippen LogP contribution in [0.4, 0.5) is 9.39 Å². The zero-order chi connectivity index (χ0) is 14.9. The van der Waals surface area contributed by atoms with Gasteiger partial charge in [0.25, 0.3) is 5.91 Å². The predicted molar refractivity (Wildman–Crippen MR) is 72.0 cm³/mol. The number of aromatic carboxylic acids is 1. The molecule has 0 saturated carbocycles. The molecule has 0 fully saturated rings. The van der Waals surface area contributed by atoms with Crippen LogP contribution in [0, 0.1) is 12.7 Å². The van der Waals surface area contributed by atoms with Crippen LogP contribution in [0.1, 0.15) is 25.6 Å². The summed E-state index contributed by atoms with van der Waals surface area (Å²) in [6, 6.07) is 4.52. The Hall–Kier alpha value is -2.41. The van der Waals surface area contributed by atoms with Gasteiger partial charge in [-0.1, -0.05) is 0 Å². The summed E-state index contributed by atoms with van der Waals surface area (Å²) in [5.74, 6) is -2.79. The van der Waals surface area contributed by atoms with Gasteiger partial charge in [-0.2, -0.15) is 0 Å². The molecule has 0 bridgehead atoms. The predicted octanol–water partition coefficient (Wildman–Crippen LogP) is 2.85. The molecule has 0 radical (unpaired) electrons. The van der Waals surface area contributed by atoms with Crippen LogP contribution in [0.5, 0.6) is 5.75 Å². The van der Waals surface area contributed by atoms with Crippen molar-refractivity contribution >= 4 is 28.2 Å². The van der Waals surface area contributed by atoms with E-state index < -0.39 is 17.7 Å². The van der Waals surface area contributed by atoms with Gasteiger partial charge in [-0.3, -0.25) is 4.79 Å². The first-order valence-corrected chi connectivity index (χ1v) is 6.33. The zero-order valence-corrected chi connectivity index (χ0v) is 11.1. The van der Waals surface area contributed by atoms with E-state index >= 15 is 0 Å². The van der Waals surface area contributed by atoms with Gasteiger partial charge in [0, 0.05) is 0 Å². The van der Waals surface area contributed by atoms with Gasteiger partial charge in [0.15, 0.2) is 0 Å². The minimum absolute atomic E-state index is 0.115. The lowest BCUT2D eigenvalue weighted by Gasteiger charge is -2.04. The van der Waals surface area contributed by atoms with E-state index in [2.05, 4.69) is 5.32 Å². The molecule has 104 valence electrons. The summed E-state index contributed by atoms with van der Waals surface area (Å²) in [6.45, 7) is 1.61. The maximum Gasteiger partial charge on any atom is 0.346 e. The lowest BCUT2D eigenvalue weighted by atomic mass is 10.2. The van der Waals surface area contributed by atoms with Crippen LogP contribution in [0.25, 0.3) is 0 Å². The molecule has 1 aromatic heterocycles. The third-order valence-electron chi connectivity index (χ3n) is 2.55.